The van der Waals surface area contributed by atoms with Crippen LogP contribution in [-0.4, -0.2) is 11.5 Å². The van der Waals surface area contributed by atoms with Crippen molar-refractivity contribution in [1.82, 2.24) is 10.3 Å². The number of nitrogens with zero attached hydrogens (tertiary/aromatic N) is 1. The second-order valence-electron chi connectivity index (χ2n) is 6.08. The van der Waals surface area contributed by atoms with Crippen LogP contribution in [-0.2, 0) is 12.8 Å². The Morgan fingerprint density at radius 3 is 2.62 bits per heavy atom. The smallest absolute Gasteiger partial charge is 0.115 e. The monoisotopic (exact) mass is 300 g/mol. The molecule has 1 aliphatic carbocycles. The highest BCUT2D eigenvalue weighted by molar-refractivity contribution is 7.11. The normalized spacial score (nSPS) is 15.2. The lowest BCUT2D eigenvalue weighted by atomic mass is 10.0. The van der Waals surface area contributed by atoms with Crippen molar-refractivity contribution >= 4 is 11.3 Å². The van der Waals surface area contributed by atoms with Crippen LogP contribution in [0.4, 0.5) is 0 Å². The molecule has 0 saturated carbocycles. The van der Waals surface area contributed by atoms with E-state index in [1.807, 2.05) is 11.3 Å². The van der Waals surface area contributed by atoms with Gasteiger partial charge < -0.3 is 5.32 Å². The van der Waals surface area contributed by atoms with Gasteiger partial charge in [-0.1, -0.05) is 36.2 Å². The van der Waals surface area contributed by atoms with Crippen LogP contribution in [0.15, 0.2) is 18.2 Å². The fourth-order valence-electron chi connectivity index (χ4n) is 3.15. The Morgan fingerprint density at radius 1 is 1.19 bits per heavy atom. The molecule has 2 nitrogen and oxygen atoms in total. The third-order valence-corrected chi connectivity index (χ3v) is 5.26. The standard InChI is InChI=1S/C18H24N2S/c1-4-8-19-17(14-10-12(2)9-13(3)11-14)18-20-15-6-5-7-16(15)21-18/h9-11,17,19H,4-8H2,1-3H3. The number of thiazole rings is 1. The summed E-state index contributed by atoms with van der Waals surface area (Å²) in [5.41, 5.74) is 5.37. The molecule has 3 rings (SSSR count). The van der Waals surface area contributed by atoms with E-state index in [0.717, 1.165) is 13.0 Å². The van der Waals surface area contributed by atoms with Gasteiger partial charge in [-0.2, -0.15) is 0 Å². The molecule has 1 aromatic carbocycles. The van der Waals surface area contributed by atoms with Gasteiger partial charge in [-0.05, 0) is 51.6 Å². The second-order valence-corrected chi connectivity index (χ2v) is 7.20. The zero-order valence-corrected chi connectivity index (χ0v) is 14.0. The molecule has 1 atom stereocenters. The van der Waals surface area contributed by atoms with Crippen molar-refractivity contribution < 1.29 is 0 Å². The van der Waals surface area contributed by atoms with Crippen molar-refractivity contribution in [1.29, 1.82) is 0 Å². The largest absolute Gasteiger partial charge is 0.304 e. The summed E-state index contributed by atoms with van der Waals surface area (Å²) in [6, 6.07) is 7.08. The minimum Gasteiger partial charge on any atom is -0.304 e. The highest BCUT2D eigenvalue weighted by Crippen LogP contribution is 2.33. The fourth-order valence-corrected chi connectivity index (χ4v) is 4.40. The zero-order chi connectivity index (χ0) is 14.8. The number of aromatic nitrogens is 1. The molecule has 1 N–H and O–H groups in total. The van der Waals surface area contributed by atoms with Crippen LogP contribution < -0.4 is 5.32 Å². The molecule has 0 fully saturated rings. The van der Waals surface area contributed by atoms with E-state index in [4.69, 9.17) is 4.98 Å². The molecule has 0 spiro atoms. The predicted molar refractivity (Wildman–Crippen MR) is 90.2 cm³/mol. The zero-order valence-electron chi connectivity index (χ0n) is 13.2. The summed E-state index contributed by atoms with van der Waals surface area (Å²) in [5, 5.41) is 4.94. The summed E-state index contributed by atoms with van der Waals surface area (Å²) >= 11 is 1.91. The van der Waals surface area contributed by atoms with E-state index in [1.54, 1.807) is 0 Å². The Morgan fingerprint density at radius 2 is 1.95 bits per heavy atom. The first-order valence-electron chi connectivity index (χ1n) is 7.97. The summed E-state index contributed by atoms with van der Waals surface area (Å²) in [7, 11) is 0. The lowest BCUT2D eigenvalue weighted by Gasteiger charge is -2.18. The van der Waals surface area contributed by atoms with Gasteiger partial charge in [0.2, 0.25) is 0 Å². The van der Waals surface area contributed by atoms with E-state index in [0.29, 0.717) is 0 Å². The molecule has 0 saturated heterocycles. The maximum absolute atomic E-state index is 4.94. The summed E-state index contributed by atoms with van der Waals surface area (Å²) in [6.45, 7) is 7.60. The van der Waals surface area contributed by atoms with Gasteiger partial charge in [-0.15, -0.1) is 11.3 Å². The average Bonchev–Trinajstić information content (AvgIpc) is 2.99. The number of benzene rings is 1. The molecule has 0 aliphatic heterocycles. The maximum Gasteiger partial charge on any atom is 0.115 e. The van der Waals surface area contributed by atoms with E-state index >= 15 is 0 Å². The molecule has 0 radical (unpaired) electrons. The van der Waals surface area contributed by atoms with Crippen molar-refractivity contribution in [3.8, 4) is 0 Å². The van der Waals surface area contributed by atoms with E-state index in [2.05, 4.69) is 44.3 Å². The van der Waals surface area contributed by atoms with Crippen molar-refractivity contribution in [3.63, 3.8) is 0 Å². The predicted octanol–water partition coefficient (Wildman–Crippen LogP) is 4.34. The lowest BCUT2D eigenvalue weighted by Crippen LogP contribution is -2.23. The highest BCUT2D eigenvalue weighted by Gasteiger charge is 2.23. The van der Waals surface area contributed by atoms with E-state index in [-0.39, 0.29) is 6.04 Å². The van der Waals surface area contributed by atoms with Crippen molar-refractivity contribution in [2.75, 3.05) is 6.54 Å². The highest BCUT2D eigenvalue weighted by atomic mass is 32.1. The van der Waals surface area contributed by atoms with Gasteiger partial charge in [0.25, 0.3) is 0 Å². The molecular formula is C18H24N2S. The molecular weight excluding hydrogens is 276 g/mol. The van der Waals surface area contributed by atoms with Gasteiger partial charge in [-0.3, -0.25) is 0 Å². The first-order chi connectivity index (χ1) is 10.2. The summed E-state index contributed by atoms with van der Waals surface area (Å²) in [6.07, 6.45) is 4.82. The third kappa shape index (κ3) is 3.19. The molecule has 1 heterocycles. The number of fused-ring (bicyclic) bond motifs is 1. The van der Waals surface area contributed by atoms with Crippen molar-refractivity contribution in [3.05, 3.63) is 50.5 Å². The number of hydrogen-bond donors (Lipinski definition) is 1. The minimum absolute atomic E-state index is 0.249. The Hall–Kier alpha value is -1.19. The van der Waals surface area contributed by atoms with Crippen molar-refractivity contribution in [2.24, 2.45) is 0 Å². The second kappa shape index (κ2) is 6.29. The molecule has 112 valence electrons. The summed E-state index contributed by atoms with van der Waals surface area (Å²) < 4.78 is 0. The first kappa shape index (κ1) is 14.7. The SMILES string of the molecule is CCCNC(c1cc(C)cc(C)c1)c1nc2c(s1)CCC2. The van der Waals surface area contributed by atoms with Gasteiger partial charge in [0.05, 0.1) is 11.7 Å². The van der Waals surface area contributed by atoms with Crippen LogP contribution in [0.5, 0.6) is 0 Å². The number of nitrogens with one attached hydrogen (secondary N) is 1. The Bertz CT molecular complexity index is 588. The molecule has 1 aliphatic rings. The molecule has 1 aromatic heterocycles. The summed E-state index contributed by atoms with van der Waals surface area (Å²) in [5.74, 6) is 0. The average molecular weight is 300 g/mol. The first-order valence-corrected chi connectivity index (χ1v) is 8.79. The quantitative estimate of drug-likeness (QED) is 0.888. The Kier molecular flexibility index (Phi) is 4.41. The van der Waals surface area contributed by atoms with E-state index in [9.17, 15) is 0 Å². The number of aryl methyl sites for hydroxylation is 4. The van der Waals surface area contributed by atoms with Gasteiger partial charge in [0.15, 0.2) is 0 Å². The van der Waals surface area contributed by atoms with Crippen LogP contribution >= 0.6 is 11.3 Å². The maximum atomic E-state index is 4.94. The van der Waals surface area contributed by atoms with E-state index < -0.39 is 0 Å². The number of hydrogen-bond acceptors (Lipinski definition) is 3. The lowest BCUT2D eigenvalue weighted by molar-refractivity contribution is 0.594. The van der Waals surface area contributed by atoms with Gasteiger partial charge in [0, 0.05) is 4.88 Å². The minimum atomic E-state index is 0.249. The van der Waals surface area contributed by atoms with Crippen LogP contribution in [0, 0.1) is 13.8 Å². The molecule has 3 heteroatoms. The Labute approximate surface area is 131 Å². The van der Waals surface area contributed by atoms with Crippen LogP contribution in [0.2, 0.25) is 0 Å². The van der Waals surface area contributed by atoms with Crippen molar-refractivity contribution in [2.45, 2.75) is 52.5 Å². The van der Waals surface area contributed by atoms with Crippen LogP contribution in [0.1, 0.15) is 58.1 Å². The topological polar surface area (TPSA) is 24.9 Å². The van der Waals surface area contributed by atoms with Crippen LogP contribution in [0.3, 0.4) is 0 Å². The molecule has 1 unspecified atom stereocenters. The molecule has 0 bridgehead atoms. The Balaban J connectivity index is 1.96. The van der Waals surface area contributed by atoms with Gasteiger partial charge in [-0.25, -0.2) is 4.98 Å². The van der Waals surface area contributed by atoms with Crippen LogP contribution in [0.25, 0.3) is 0 Å². The van der Waals surface area contributed by atoms with E-state index in [1.165, 1.54) is 51.5 Å². The molecule has 0 amide bonds. The summed E-state index contributed by atoms with van der Waals surface area (Å²) in [4.78, 5) is 6.45. The van der Waals surface area contributed by atoms with Gasteiger partial charge in [0.1, 0.15) is 5.01 Å². The molecule has 21 heavy (non-hydrogen) atoms. The third-order valence-electron chi connectivity index (χ3n) is 4.03. The van der Waals surface area contributed by atoms with Gasteiger partial charge >= 0.3 is 0 Å². The fraction of sp³-hybridized carbons (Fsp3) is 0.500. The molecule has 2 aromatic rings. The number of rotatable bonds is 5.